The van der Waals surface area contributed by atoms with Crippen LogP contribution in [0.15, 0.2) is 65.8 Å². The number of carbonyl (C=O) groups is 2. The Kier molecular flexibility index (Phi) is 5.29. The predicted molar refractivity (Wildman–Crippen MR) is 105 cm³/mol. The van der Waals surface area contributed by atoms with E-state index >= 15 is 0 Å². The molecule has 0 aliphatic heterocycles. The van der Waals surface area contributed by atoms with Crippen molar-refractivity contribution in [2.75, 3.05) is 5.32 Å². The van der Waals surface area contributed by atoms with Gasteiger partial charge in [-0.25, -0.2) is 5.43 Å². The summed E-state index contributed by atoms with van der Waals surface area (Å²) in [4.78, 5) is 23.8. The molecule has 3 aromatic rings. The molecule has 130 valence electrons. The highest BCUT2D eigenvalue weighted by Crippen LogP contribution is 2.20. The van der Waals surface area contributed by atoms with Crippen molar-refractivity contribution < 1.29 is 9.59 Å². The lowest BCUT2D eigenvalue weighted by Gasteiger charge is -2.06. The number of hydrogen-bond donors (Lipinski definition) is 2. The lowest BCUT2D eigenvalue weighted by molar-refractivity contribution is -0.136. The summed E-state index contributed by atoms with van der Waals surface area (Å²) in [6.07, 6.45) is 1.51. The van der Waals surface area contributed by atoms with Crippen LogP contribution in [0.5, 0.6) is 0 Å². The zero-order valence-electron chi connectivity index (χ0n) is 14.0. The average Bonchev–Trinajstić information content (AvgIpc) is 2.65. The molecule has 0 aliphatic rings. The molecule has 2 N–H and O–H groups in total. The molecule has 0 atom stereocenters. The number of aryl methyl sites for hydroxylation is 1. The Morgan fingerprint density at radius 1 is 1.00 bits per heavy atom. The lowest BCUT2D eigenvalue weighted by atomic mass is 10.1. The number of hydrogen-bond acceptors (Lipinski definition) is 3. The molecule has 0 heterocycles. The zero-order chi connectivity index (χ0) is 18.5. The highest BCUT2D eigenvalue weighted by Gasteiger charge is 2.13. The maximum Gasteiger partial charge on any atom is 0.329 e. The normalized spacial score (nSPS) is 10.8. The minimum Gasteiger partial charge on any atom is -0.318 e. The van der Waals surface area contributed by atoms with E-state index in [9.17, 15) is 9.59 Å². The van der Waals surface area contributed by atoms with Gasteiger partial charge < -0.3 is 5.32 Å². The molecule has 2 amide bonds. The van der Waals surface area contributed by atoms with Crippen molar-refractivity contribution >= 4 is 46.1 Å². The predicted octanol–water partition coefficient (Wildman–Crippen LogP) is 3.89. The number of carbonyl (C=O) groups excluding carboxylic acids is 2. The van der Waals surface area contributed by atoms with Gasteiger partial charge in [0.15, 0.2) is 0 Å². The Morgan fingerprint density at radius 3 is 2.58 bits per heavy atom. The van der Waals surface area contributed by atoms with Crippen LogP contribution < -0.4 is 10.7 Å². The summed E-state index contributed by atoms with van der Waals surface area (Å²) in [6, 6.07) is 18.6. The quantitative estimate of drug-likeness (QED) is 0.420. The van der Waals surface area contributed by atoms with Gasteiger partial charge >= 0.3 is 11.8 Å². The number of nitrogens with zero attached hydrogens (tertiary/aromatic N) is 1. The number of hydrazone groups is 1. The molecule has 0 radical (unpaired) electrons. The van der Waals surface area contributed by atoms with Crippen molar-refractivity contribution in [3.63, 3.8) is 0 Å². The smallest absolute Gasteiger partial charge is 0.318 e. The summed E-state index contributed by atoms with van der Waals surface area (Å²) >= 11 is 6.00. The Balaban J connectivity index is 1.65. The molecule has 0 aliphatic carbocycles. The van der Waals surface area contributed by atoms with E-state index in [0.717, 1.165) is 21.9 Å². The molecule has 0 aromatic heterocycles. The summed E-state index contributed by atoms with van der Waals surface area (Å²) in [7, 11) is 0. The number of rotatable bonds is 3. The first-order valence-electron chi connectivity index (χ1n) is 7.93. The molecular formula is C20H16ClN3O2. The molecule has 26 heavy (non-hydrogen) atoms. The lowest BCUT2D eigenvalue weighted by Crippen LogP contribution is -2.32. The van der Waals surface area contributed by atoms with Crippen LogP contribution in [-0.4, -0.2) is 18.0 Å². The third kappa shape index (κ3) is 4.07. The molecular weight excluding hydrogens is 350 g/mol. The van der Waals surface area contributed by atoms with Crippen molar-refractivity contribution in [3.05, 3.63) is 76.8 Å². The van der Waals surface area contributed by atoms with E-state index < -0.39 is 11.8 Å². The fourth-order valence-corrected chi connectivity index (χ4v) is 2.61. The standard InChI is InChI=1S/C20H16ClN3O2/c1-13-9-10-16(11-18(13)21)23-19(25)20(26)24-22-12-15-7-4-6-14-5-2-3-8-17(14)15/h2-12H,1H3,(H,23,25)(H,24,26). The van der Waals surface area contributed by atoms with Crippen LogP contribution in [0.2, 0.25) is 5.02 Å². The topological polar surface area (TPSA) is 70.6 Å². The molecule has 0 fully saturated rings. The first kappa shape index (κ1) is 17.6. The fourth-order valence-electron chi connectivity index (χ4n) is 2.43. The van der Waals surface area contributed by atoms with Crippen molar-refractivity contribution in [1.29, 1.82) is 0 Å². The van der Waals surface area contributed by atoms with Gasteiger partial charge in [-0.15, -0.1) is 0 Å². The molecule has 0 spiro atoms. The second-order valence-electron chi connectivity index (χ2n) is 5.69. The van der Waals surface area contributed by atoms with Crippen molar-refractivity contribution in [1.82, 2.24) is 5.43 Å². The Hall–Kier alpha value is -3.18. The second kappa shape index (κ2) is 7.80. The third-order valence-corrected chi connectivity index (χ3v) is 4.24. The number of amides is 2. The van der Waals surface area contributed by atoms with Gasteiger partial charge in [0.25, 0.3) is 0 Å². The maximum absolute atomic E-state index is 11.9. The molecule has 3 aromatic carbocycles. The summed E-state index contributed by atoms with van der Waals surface area (Å²) < 4.78 is 0. The summed E-state index contributed by atoms with van der Waals surface area (Å²) in [6.45, 7) is 1.85. The van der Waals surface area contributed by atoms with Crippen LogP contribution in [0.1, 0.15) is 11.1 Å². The van der Waals surface area contributed by atoms with Crippen LogP contribution in [0.25, 0.3) is 10.8 Å². The highest BCUT2D eigenvalue weighted by molar-refractivity contribution is 6.39. The number of fused-ring (bicyclic) bond motifs is 1. The van der Waals surface area contributed by atoms with E-state index in [-0.39, 0.29) is 0 Å². The maximum atomic E-state index is 11.9. The summed E-state index contributed by atoms with van der Waals surface area (Å²) in [5.41, 5.74) is 4.40. The van der Waals surface area contributed by atoms with Crippen LogP contribution in [0.4, 0.5) is 5.69 Å². The van der Waals surface area contributed by atoms with Gasteiger partial charge in [0.1, 0.15) is 0 Å². The summed E-state index contributed by atoms with van der Waals surface area (Å²) in [5, 5.41) is 8.94. The Bertz CT molecular complexity index is 1010. The first-order chi connectivity index (χ1) is 12.5. The number of halogens is 1. The minimum absolute atomic E-state index is 0.443. The van der Waals surface area contributed by atoms with Crippen LogP contribution >= 0.6 is 11.6 Å². The van der Waals surface area contributed by atoms with E-state index in [2.05, 4.69) is 15.8 Å². The van der Waals surface area contributed by atoms with Crippen molar-refractivity contribution in [3.8, 4) is 0 Å². The minimum atomic E-state index is -0.863. The van der Waals surface area contributed by atoms with E-state index in [4.69, 9.17) is 11.6 Å². The number of benzene rings is 3. The Morgan fingerprint density at radius 2 is 1.77 bits per heavy atom. The second-order valence-corrected chi connectivity index (χ2v) is 6.09. The molecule has 0 bridgehead atoms. The molecule has 0 unspecified atom stereocenters. The van der Waals surface area contributed by atoms with Gasteiger partial charge in [-0.1, -0.05) is 60.1 Å². The van der Waals surface area contributed by atoms with E-state index in [1.807, 2.05) is 49.4 Å². The van der Waals surface area contributed by atoms with Crippen molar-refractivity contribution in [2.45, 2.75) is 6.92 Å². The van der Waals surface area contributed by atoms with E-state index in [1.54, 1.807) is 18.2 Å². The number of anilines is 1. The molecule has 3 rings (SSSR count). The molecule has 0 saturated carbocycles. The number of nitrogens with one attached hydrogen (secondary N) is 2. The largest absolute Gasteiger partial charge is 0.329 e. The fraction of sp³-hybridized carbons (Fsp3) is 0.0500. The van der Waals surface area contributed by atoms with Crippen LogP contribution in [0, 0.1) is 6.92 Å². The van der Waals surface area contributed by atoms with E-state index in [1.165, 1.54) is 6.21 Å². The van der Waals surface area contributed by atoms with Crippen molar-refractivity contribution in [2.24, 2.45) is 5.10 Å². The van der Waals surface area contributed by atoms with Crippen LogP contribution in [-0.2, 0) is 9.59 Å². The van der Waals surface area contributed by atoms with Gasteiger partial charge in [0.2, 0.25) is 0 Å². The van der Waals surface area contributed by atoms with Gasteiger partial charge in [-0.2, -0.15) is 5.10 Å². The SMILES string of the molecule is Cc1ccc(NC(=O)C(=O)NN=Cc2cccc3ccccc23)cc1Cl. The molecule has 5 nitrogen and oxygen atoms in total. The highest BCUT2D eigenvalue weighted by atomic mass is 35.5. The zero-order valence-corrected chi connectivity index (χ0v) is 14.7. The van der Waals surface area contributed by atoms with E-state index in [0.29, 0.717) is 10.7 Å². The monoisotopic (exact) mass is 365 g/mol. The Labute approximate surface area is 155 Å². The molecule has 6 heteroatoms. The van der Waals surface area contributed by atoms with Gasteiger partial charge in [-0.05, 0) is 35.4 Å². The van der Waals surface area contributed by atoms with Gasteiger partial charge in [0, 0.05) is 16.3 Å². The van der Waals surface area contributed by atoms with Gasteiger partial charge in [0.05, 0.1) is 6.21 Å². The first-order valence-corrected chi connectivity index (χ1v) is 8.31. The average molecular weight is 366 g/mol. The molecule has 0 saturated heterocycles. The third-order valence-electron chi connectivity index (χ3n) is 3.83. The van der Waals surface area contributed by atoms with Gasteiger partial charge in [-0.3, -0.25) is 9.59 Å². The van der Waals surface area contributed by atoms with Crippen LogP contribution in [0.3, 0.4) is 0 Å². The summed E-state index contributed by atoms with van der Waals surface area (Å²) in [5.74, 6) is -1.68.